The zero-order valence-electron chi connectivity index (χ0n) is 10.9. The maximum absolute atomic E-state index is 12.1. The average Bonchev–Trinajstić information content (AvgIpc) is 2.36. The predicted molar refractivity (Wildman–Crippen MR) is 72.8 cm³/mol. The first-order valence-electron chi connectivity index (χ1n) is 5.79. The lowest BCUT2D eigenvalue weighted by Crippen LogP contribution is -2.31. The first-order chi connectivity index (χ1) is 10.2. The molecule has 22 heavy (non-hydrogen) atoms. The maximum atomic E-state index is 12.1. The number of halogens is 4. The molecule has 3 N–H and O–H groups in total. The standard InChI is InChI=1S/C11H11BrF3N3O4/c12-6-3-7(18-10(21)16-2-1-8(19)20)9(17-4-6)22-5-11(13,14)15/h3-4H,1-2,5H2,(H,19,20)(H2,16,18,21). The molecule has 1 rings (SSSR count). The number of alkyl halides is 3. The van der Waals surface area contributed by atoms with Crippen LogP contribution >= 0.6 is 15.9 Å². The van der Waals surface area contributed by atoms with E-state index in [-0.39, 0.29) is 18.7 Å². The van der Waals surface area contributed by atoms with Crippen molar-refractivity contribution in [1.82, 2.24) is 10.3 Å². The van der Waals surface area contributed by atoms with E-state index in [2.05, 4.69) is 36.3 Å². The van der Waals surface area contributed by atoms with E-state index in [0.717, 1.165) is 0 Å². The fourth-order valence-electron chi connectivity index (χ4n) is 1.23. The summed E-state index contributed by atoms with van der Waals surface area (Å²) >= 11 is 3.06. The summed E-state index contributed by atoms with van der Waals surface area (Å²) in [5.41, 5.74) is -0.0913. The van der Waals surface area contributed by atoms with Gasteiger partial charge in [0.2, 0.25) is 5.88 Å². The van der Waals surface area contributed by atoms with Gasteiger partial charge in [-0.15, -0.1) is 0 Å². The third-order valence-corrected chi connectivity index (χ3v) is 2.50. The van der Waals surface area contributed by atoms with Crippen LogP contribution in [0.15, 0.2) is 16.7 Å². The summed E-state index contributed by atoms with van der Waals surface area (Å²) in [4.78, 5) is 25.5. The lowest BCUT2D eigenvalue weighted by atomic mass is 10.4. The predicted octanol–water partition coefficient (Wildman–Crippen LogP) is 2.38. The molecule has 0 radical (unpaired) electrons. The number of nitrogens with zero attached hydrogens (tertiary/aromatic N) is 1. The van der Waals surface area contributed by atoms with Gasteiger partial charge in [0.15, 0.2) is 6.61 Å². The number of rotatable bonds is 6. The Kier molecular flexibility index (Phi) is 6.40. The van der Waals surface area contributed by atoms with Crippen molar-refractivity contribution in [3.8, 4) is 5.88 Å². The van der Waals surface area contributed by atoms with Gasteiger partial charge in [-0.1, -0.05) is 0 Å². The fraction of sp³-hybridized carbons (Fsp3) is 0.364. The molecule has 0 saturated carbocycles. The summed E-state index contributed by atoms with van der Waals surface area (Å²) in [5.74, 6) is -1.51. The summed E-state index contributed by atoms with van der Waals surface area (Å²) < 4.78 is 41.3. The molecule has 1 heterocycles. The van der Waals surface area contributed by atoms with Gasteiger partial charge in [-0.25, -0.2) is 9.78 Å². The average molecular weight is 386 g/mol. The molecule has 0 aliphatic rings. The van der Waals surface area contributed by atoms with Crippen LogP contribution in [0.4, 0.5) is 23.7 Å². The number of hydrogen-bond donors (Lipinski definition) is 3. The summed E-state index contributed by atoms with van der Waals surface area (Å²) in [6.45, 7) is -1.70. The highest BCUT2D eigenvalue weighted by molar-refractivity contribution is 9.10. The van der Waals surface area contributed by atoms with Crippen LogP contribution in [0.2, 0.25) is 0 Å². The molecular weight excluding hydrogens is 375 g/mol. The Morgan fingerprint density at radius 2 is 2.09 bits per heavy atom. The topological polar surface area (TPSA) is 101 Å². The van der Waals surface area contributed by atoms with Gasteiger partial charge < -0.3 is 20.5 Å². The molecule has 122 valence electrons. The number of pyridine rings is 1. The number of urea groups is 1. The highest BCUT2D eigenvalue weighted by atomic mass is 79.9. The Balaban J connectivity index is 2.69. The Labute approximate surface area is 131 Å². The van der Waals surface area contributed by atoms with E-state index >= 15 is 0 Å². The van der Waals surface area contributed by atoms with E-state index in [4.69, 9.17) is 5.11 Å². The van der Waals surface area contributed by atoms with Crippen LogP contribution in [0.5, 0.6) is 5.88 Å². The van der Waals surface area contributed by atoms with Crippen molar-refractivity contribution in [2.45, 2.75) is 12.6 Å². The number of carbonyl (C=O) groups excluding carboxylic acids is 1. The largest absolute Gasteiger partial charge is 0.481 e. The first-order valence-corrected chi connectivity index (χ1v) is 6.58. The molecule has 11 heteroatoms. The molecule has 0 spiro atoms. The number of hydrogen-bond acceptors (Lipinski definition) is 4. The van der Waals surface area contributed by atoms with Crippen LogP contribution in [-0.4, -0.2) is 41.4 Å². The molecule has 2 amide bonds. The second-order valence-electron chi connectivity index (χ2n) is 3.93. The minimum atomic E-state index is -4.55. The SMILES string of the molecule is O=C(O)CCNC(=O)Nc1cc(Br)cnc1OCC(F)(F)F. The van der Waals surface area contributed by atoms with Crippen molar-refractivity contribution in [2.75, 3.05) is 18.5 Å². The summed E-state index contributed by atoms with van der Waals surface area (Å²) in [5, 5.41) is 12.9. The van der Waals surface area contributed by atoms with E-state index in [1.165, 1.54) is 12.3 Å². The third kappa shape index (κ3) is 7.11. The Morgan fingerprint density at radius 1 is 1.41 bits per heavy atom. The molecule has 0 saturated heterocycles. The van der Waals surface area contributed by atoms with Gasteiger partial charge in [0, 0.05) is 17.2 Å². The monoisotopic (exact) mass is 385 g/mol. The quantitative estimate of drug-likeness (QED) is 0.697. The minimum Gasteiger partial charge on any atom is -0.481 e. The Bertz CT molecular complexity index is 554. The van der Waals surface area contributed by atoms with Crippen LogP contribution in [0, 0.1) is 0 Å². The van der Waals surface area contributed by atoms with Crippen LogP contribution < -0.4 is 15.4 Å². The second-order valence-corrected chi connectivity index (χ2v) is 4.85. The van der Waals surface area contributed by atoms with Gasteiger partial charge in [-0.3, -0.25) is 4.79 Å². The van der Waals surface area contributed by atoms with Crippen LogP contribution in [-0.2, 0) is 4.79 Å². The van der Waals surface area contributed by atoms with Crippen LogP contribution in [0.3, 0.4) is 0 Å². The van der Waals surface area contributed by atoms with Gasteiger partial charge in [-0.05, 0) is 22.0 Å². The van der Waals surface area contributed by atoms with E-state index in [1.54, 1.807) is 0 Å². The number of carboxylic acid groups (broad SMARTS) is 1. The Hall–Kier alpha value is -2.04. The summed E-state index contributed by atoms with van der Waals surface area (Å²) in [6, 6.07) is 0.508. The minimum absolute atomic E-state index is 0.0913. The molecule has 0 atom stereocenters. The van der Waals surface area contributed by atoms with Crippen molar-refractivity contribution in [3.63, 3.8) is 0 Å². The third-order valence-electron chi connectivity index (χ3n) is 2.06. The van der Waals surface area contributed by atoms with Crippen molar-refractivity contribution in [1.29, 1.82) is 0 Å². The molecule has 0 fully saturated rings. The van der Waals surface area contributed by atoms with E-state index in [9.17, 15) is 22.8 Å². The second kappa shape index (κ2) is 7.82. The molecule has 0 unspecified atom stereocenters. The smallest absolute Gasteiger partial charge is 0.422 e. The first kappa shape index (κ1) is 18.0. The molecule has 1 aromatic heterocycles. The van der Waals surface area contributed by atoms with Gasteiger partial charge in [0.25, 0.3) is 0 Å². The van der Waals surface area contributed by atoms with Crippen molar-refractivity contribution < 1.29 is 32.6 Å². The van der Waals surface area contributed by atoms with Gasteiger partial charge in [0.1, 0.15) is 5.69 Å². The van der Waals surface area contributed by atoms with E-state index in [0.29, 0.717) is 4.47 Å². The van der Waals surface area contributed by atoms with Crippen molar-refractivity contribution in [3.05, 3.63) is 16.7 Å². The number of aliphatic carboxylic acids is 1. The zero-order chi connectivity index (χ0) is 16.8. The summed E-state index contributed by atoms with van der Waals surface area (Å²) in [7, 11) is 0. The van der Waals surface area contributed by atoms with E-state index < -0.39 is 30.7 Å². The van der Waals surface area contributed by atoms with E-state index in [1.807, 2.05) is 0 Å². The van der Waals surface area contributed by atoms with Gasteiger partial charge in [0.05, 0.1) is 6.42 Å². The van der Waals surface area contributed by atoms with Crippen LogP contribution in [0.1, 0.15) is 6.42 Å². The molecule has 7 nitrogen and oxygen atoms in total. The number of carbonyl (C=O) groups is 2. The fourth-order valence-corrected chi connectivity index (χ4v) is 1.56. The lowest BCUT2D eigenvalue weighted by molar-refractivity contribution is -0.154. The van der Waals surface area contributed by atoms with Crippen molar-refractivity contribution >= 4 is 33.6 Å². The number of anilines is 1. The molecule has 0 aromatic carbocycles. The molecular formula is C11H11BrF3N3O4. The van der Waals surface area contributed by atoms with Gasteiger partial charge in [-0.2, -0.15) is 13.2 Å². The summed E-state index contributed by atoms with van der Waals surface area (Å²) in [6.07, 6.45) is -3.63. The van der Waals surface area contributed by atoms with Gasteiger partial charge >= 0.3 is 18.2 Å². The maximum Gasteiger partial charge on any atom is 0.422 e. The van der Waals surface area contributed by atoms with Crippen LogP contribution in [0.25, 0.3) is 0 Å². The molecule has 1 aromatic rings. The molecule has 0 aliphatic heterocycles. The number of nitrogens with one attached hydrogen (secondary N) is 2. The number of carboxylic acids is 1. The Morgan fingerprint density at radius 3 is 2.68 bits per heavy atom. The highest BCUT2D eigenvalue weighted by Crippen LogP contribution is 2.27. The number of ether oxygens (including phenoxy) is 1. The molecule has 0 bridgehead atoms. The highest BCUT2D eigenvalue weighted by Gasteiger charge is 2.29. The van der Waals surface area contributed by atoms with Crippen molar-refractivity contribution in [2.24, 2.45) is 0 Å². The number of aromatic nitrogens is 1. The molecule has 0 aliphatic carbocycles. The number of amides is 2. The lowest BCUT2D eigenvalue weighted by Gasteiger charge is -2.13. The normalized spacial score (nSPS) is 10.9. The zero-order valence-corrected chi connectivity index (χ0v) is 12.5.